The first-order chi connectivity index (χ1) is 8.79. The van der Waals surface area contributed by atoms with Crippen molar-refractivity contribution in [3.8, 4) is 5.75 Å². The van der Waals surface area contributed by atoms with Crippen LogP contribution in [0.2, 0.25) is 0 Å². The van der Waals surface area contributed by atoms with E-state index in [1.165, 1.54) is 32.1 Å². The van der Waals surface area contributed by atoms with Crippen LogP contribution in [-0.4, -0.2) is 11.6 Å². The molecule has 1 saturated carbocycles. The van der Waals surface area contributed by atoms with E-state index in [-0.39, 0.29) is 6.04 Å². The molecule has 0 amide bonds. The number of nitrogens with two attached hydrogens (primary N) is 1. The highest BCUT2D eigenvalue weighted by molar-refractivity contribution is 5.25. The van der Waals surface area contributed by atoms with Gasteiger partial charge in [0.15, 0.2) is 0 Å². The third kappa shape index (κ3) is 3.70. The maximum Gasteiger partial charge on any atom is 0.137 e. The van der Waals surface area contributed by atoms with Crippen LogP contribution in [0.3, 0.4) is 0 Å². The van der Waals surface area contributed by atoms with Crippen LogP contribution in [0.15, 0.2) is 18.5 Å². The Morgan fingerprint density at radius 3 is 2.83 bits per heavy atom. The van der Waals surface area contributed by atoms with Crippen LogP contribution in [0.1, 0.15) is 57.1 Å². The van der Waals surface area contributed by atoms with E-state index in [0.717, 1.165) is 23.7 Å². The minimum atomic E-state index is 0.0982. The van der Waals surface area contributed by atoms with Crippen LogP contribution in [-0.2, 0) is 0 Å². The largest absolute Gasteiger partial charge is 0.492 e. The monoisotopic (exact) mass is 248 g/mol. The molecule has 0 bridgehead atoms. The predicted molar refractivity (Wildman–Crippen MR) is 73.5 cm³/mol. The molecular weight excluding hydrogens is 224 g/mol. The second-order valence-corrected chi connectivity index (χ2v) is 5.23. The Hall–Kier alpha value is -1.09. The highest BCUT2D eigenvalue weighted by atomic mass is 16.5. The summed E-state index contributed by atoms with van der Waals surface area (Å²) < 4.78 is 5.47. The quantitative estimate of drug-likeness (QED) is 0.868. The lowest BCUT2D eigenvalue weighted by Crippen LogP contribution is -2.17. The van der Waals surface area contributed by atoms with Crippen molar-refractivity contribution in [3.63, 3.8) is 0 Å². The summed E-state index contributed by atoms with van der Waals surface area (Å²) in [6, 6.07) is 2.13. The van der Waals surface area contributed by atoms with Gasteiger partial charge >= 0.3 is 0 Å². The van der Waals surface area contributed by atoms with Crippen molar-refractivity contribution in [1.82, 2.24) is 4.98 Å². The van der Waals surface area contributed by atoms with Crippen molar-refractivity contribution in [1.29, 1.82) is 0 Å². The highest BCUT2D eigenvalue weighted by Gasteiger charge is 2.18. The van der Waals surface area contributed by atoms with Crippen molar-refractivity contribution in [2.24, 2.45) is 11.7 Å². The van der Waals surface area contributed by atoms with Gasteiger partial charge in [0.05, 0.1) is 12.8 Å². The van der Waals surface area contributed by atoms with Crippen LogP contribution in [0.5, 0.6) is 5.75 Å². The second kappa shape index (κ2) is 6.74. The molecule has 2 rings (SSSR count). The summed E-state index contributed by atoms with van der Waals surface area (Å²) in [6.45, 7) is 2.65. The lowest BCUT2D eigenvalue weighted by molar-refractivity contribution is 0.317. The molecule has 0 radical (unpaired) electrons. The number of hydrogen-bond donors (Lipinski definition) is 1. The van der Waals surface area contributed by atoms with E-state index >= 15 is 0 Å². The number of nitrogens with zero attached hydrogens (tertiary/aromatic N) is 1. The summed E-state index contributed by atoms with van der Waals surface area (Å²) in [5, 5.41) is 0. The molecule has 0 aromatic carbocycles. The fourth-order valence-corrected chi connectivity index (χ4v) is 2.80. The minimum absolute atomic E-state index is 0.0982. The molecule has 1 atom stereocenters. The van der Waals surface area contributed by atoms with Gasteiger partial charge in [0.2, 0.25) is 0 Å². The highest BCUT2D eigenvalue weighted by Crippen LogP contribution is 2.31. The Labute approximate surface area is 110 Å². The van der Waals surface area contributed by atoms with Gasteiger partial charge in [0.25, 0.3) is 0 Å². The van der Waals surface area contributed by atoms with Crippen molar-refractivity contribution >= 4 is 0 Å². The van der Waals surface area contributed by atoms with E-state index in [9.17, 15) is 0 Å². The zero-order valence-electron chi connectivity index (χ0n) is 11.3. The normalized spacial score (nSPS) is 18.6. The van der Waals surface area contributed by atoms with E-state index in [0.29, 0.717) is 6.61 Å². The molecule has 0 aliphatic heterocycles. The molecule has 3 heteroatoms. The van der Waals surface area contributed by atoms with Crippen LogP contribution in [0.4, 0.5) is 0 Å². The number of ether oxygens (including phenoxy) is 1. The molecule has 1 aliphatic carbocycles. The summed E-state index contributed by atoms with van der Waals surface area (Å²) in [4.78, 5) is 4.21. The predicted octanol–water partition coefficient (Wildman–Crippen LogP) is 3.45. The molecule has 1 aliphatic rings. The number of pyridine rings is 1. The van der Waals surface area contributed by atoms with Crippen molar-refractivity contribution < 1.29 is 4.74 Å². The first-order valence-corrected chi connectivity index (χ1v) is 7.13. The van der Waals surface area contributed by atoms with E-state index in [1.807, 2.05) is 19.2 Å². The molecule has 1 fully saturated rings. The molecule has 1 heterocycles. The molecule has 1 aromatic rings. The number of aromatic nitrogens is 1. The lowest BCUT2D eigenvalue weighted by Gasteiger charge is -2.24. The first kappa shape index (κ1) is 13.3. The van der Waals surface area contributed by atoms with Gasteiger partial charge in [-0.1, -0.05) is 32.1 Å². The Morgan fingerprint density at radius 1 is 1.33 bits per heavy atom. The van der Waals surface area contributed by atoms with Crippen LogP contribution < -0.4 is 10.5 Å². The summed E-state index contributed by atoms with van der Waals surface area (Å²) in [6.07, 6.45) is 11.5. The van der Waals surface area contributed by atoms with Gasteiger partial charge in [-0.15, -0.1) is 0 Å². The number of rotatable bonds is 5. The maximum absolute atomic E-state index is 6.30. The summed E-state index contributed by atoms with van der Waals surface area (Å²) in [5.41, 5.74) is 7.40. The van der Waals surface area contributed by atoms with Gasteiger partial charge < -0.3 is 10.5 Å². The van der Waals surface area contributed by atoms with Crippen molar-refractivity contribution in [3.05, 3.63) is 24.0 Å². The fraction of sp³-hybridized carbons (Fsp3) is 0.667. The van der Waals surface area contributed by atoms with Gasteiger partial charge in [-0.2, -0.15) is 0 Å². The van der Waals surface area contributed by atoms with Crippen LogP contribution in [0, 0.1) is 5.92 Å². The Morgan fingerprint density at radius 2 is 2.11 bits per heavy atom. The van der Waals surface area contributed by atoms with Crippen LogP contribution in [0.25, 0.3) is 0 Å². The number of hydrogen-bond acceptors (Lipinski definition) is 3. The van der Waals surface area contributed by atoms with Crippen molar-refractivity contribution in [2.45, 2.75) is 51.5 Å². The van der Waals surface area contributed by atoms with Gasteiger partial charge in [0, 0.05) is 12.2 Å². The standard InChI is InChI=1S/C15H24N2O/c1-2-18-14-9-13(10-17-11-14)15(16)8-12-6-4-3-5-7-12/h9-12,15H,2-8,16H2,1H3. The van der Waals surface area contributed by atoms with Gasteiger partial charge in [-0.05, 0) is 30.9 Å². The maximum atomic E-state index is 6.30. The molecular formula is C15H24N2O. The van der Waals surface area contributed by atoms with Gasteiger partial charge in [-0.3, -0.25) is 4.98 Å². The molecule has 2 N–H and O–H groups in total. The summed E-state index contributed by atoms with van der Waals surface area (Å²) >= 11 is 0. The second-order valence-electron chi connectivity index (χ2n) is 5.23. The first-order valence-electron chi connectivity index (χ1n) is 7.13. The van der Waals surface area contributed by atoms with Gasteiger partial charge in [-0.25, -0.2) is 0 Å². The molecule has 18 heavy (non-hydrogen) atoms. The van der Waals surface area contributed by atoms with E-state index in [1.54, 1.807) is 6.20 Å². The average Bonchev–Trinajstić information content (AvgIpc) is 2.40. The summed E-state index contributed by atoms with van der Waals surface area (Å²) in [7, 11) is 0. The topological polar surface area (TPSA) is 48.1 Å². The van der Waals surface area contributed by atoms with E-state index < -0.39 is 0 Å². The minimum Gasteiger partial charge on any atom is -0.492 e. The smallest absolute Gasteiger partial charge is 0.137 e. The third-order valence-electron chi connectivity index (χ3n) is 3.79. The summed E-state index contributed by atoms with van der Waals surface area (Å²) in [5.74, 6) is 1.62. The lowest BCUT2D eigenvalue weighted by atomic mass is 9.84. The fourth-order valence-electron chi connectivity index (χ4n) is 2.80. The van der Waals surface area contributed by atoms with Gasteiger partial charge in [0.1, 0.15) is 5.75 Å². The van der Waals surface area contributed by atoms with E-state index in [4.69, 9.17) is 10.5 Å². The van der Waals surface area contributed by atoms with E-state index in [2.05, 4.69) is 4.98 Å². The average molecular weight is 248 g/mol. The molecule has 100 valence electrons. The molecule has 0 spiro atoms. The molecule has 3 nitrogen and oxygen atoms in total. The SMILES string of the molecule is CCOc1cncc(C(N)CC2CCCCC2)c1. The molecule has 1 aromatic heterocycles. The molecule has 0 saturated heterocycles. The molecule has 1 unspecified atom stereocenters. The Kier molecular flexibility index (Phi) is 5.00. The zero-order chi connectivity index (χ0) is 12.8. The van der Waals surface area contributed by atoms with Crippen LogP contribution >= 0.6 is 0 Å². The third-order valence-corrected chi connectivity index (χ3v) is 3.79. The van der Waals surface area contributed by atoms with Crippen molar-refractivity contribution in [2.75, 3.05) is 6.61 Å². The Balaban J connectivity index is 1.94. The zero-order valence-corrected chi connectivity index (χ0v) is 11.3. The Bertz CT molecular complexity index is 361.